The second-order valence-electron chi connectivity index (χ2n) is 9.89. The van der Waals surface area contributed by atoms with Crippen molar-refractivity contribution in [3.63, 3.8) is 0 Å². The van der Waals surface area contributed by atoms with E-state index in [9.17, 15) is 34.2 Å². The summed E-state index contributed by atoms with van der Waals surface area (Å²) in [5.74, 6) is -2.43. The van der Waals surface area contributed by atoms with Crippen LogP contribution in [0.3, 0.4) is 0 Å². The molecule has 12 heteroatoms. The highest BCUT2D eigenvalue weighted by Gasteiger charge is 2.47. The van der Waals surface area contributed by atoms with Gasteiger partial charge in [0.05, 0.1) is 6.61 Å². The maximum absolute atomic E-state index is 13.6. The largest absolute Gasteiger partial charge is 0.480 e. The zero-order valence-electron chi connectivity index (χ0n) is 19.9. The van der Waals surface area contributed by atoms with E-state index < -0.39 is 48.7 Å². The minimum Gasteiger partial charge on any atom is -0.480 e. The lowest BCUT2D eigenvalue weighted by Crippen LogP contribution is -2.57. The van der Waals surface area contributed by atoms with Crippen LogP contribution in [-0.2, 0) is 24.0 Å². The monoisotopic (exact) mass is 493 g/mol. The summed E-state index contributed by atoms with van der Waals surface area (Å²) in [7, 11) is 0. The summed E-state index contributed by atoms with van der Waals surface area (Å²) >= 11 is 0. The van der Waals surface area contributed by atoms with E-state index in [2.05, 4.69) is 0 Å². The number of likely N-dealkylation sites (tertiary alicyclic amines) is 4. The third kappa shape index (κ3) is 4.73. The molecule has 5 atom stereocenters. The first kappa shape index (κ1) is 25.4. The molecule has 4 amide bonds. The van der Waals surface area contributed by atoms with E-state index in [-0.39, 0.29) is 17.7 Å². The average Bonchev–Trinajstić information content (AvgIpc) is 3.66. The van der Waals surface area contributed by atoms with E-state index in [1.807, 2.05) is 0 Å². The first-order chi connectivity index (χ1) is 16.8. The molecular formula is C23H35N5O7. The molecule has 0 unspecified atom stereocenters. The van der Waals surface area contributed by atoms with Crippen LogP contribution in [0.5, 0.6) is 0 Å². The van der Waals surface area contributed by atoms with Gasteiger partial charge in [0.2, 0.25) is 23.6 Å². The van der Waals surface area contributed by atoms with Crippen LogP contribution >= 0.6 is 0 Å². The number of carbonyl (C=O) groups excluding carboxylic acids is 4. The van der Waals surface area contributed by atoms with Gasteiger partial charge in [-0.1, -0.05) is 0 Å². The first-order valence-corrected chi connectivity index (χ1v) is 12.6. The minimum atomic E-state index is -1.09. The van der Waals surface area contributed by atoms with Crippen LogP contribution in [0.4, 0.5) is 0 Å². The number of aliphatic carboxylic acids is 1. The van der Waals surface area contributed by atoms with Crippen LogP contribution in [-0.4, -0.2) is 122 Å². The summed E-state index contributed by atoms with van der Waals surface area (Å²) < 4.78 is 0. The van der Waals surface area contributed by atoms with Gasteiger partial charge in [0.15, 0.2) is 0 Å². The molecule has 194 valence electrons. The molecule has 0 aliphatic carbocycles. The zero-order chi connectivity index (χ0) is 25.3. The molecule has 0 spiro atoms. The maximum atomic E-state index is 13.6. The van der Waals surface area contributed by atoms with Crippen molar-refractivity contribution >= 4 is 29.6 Å². The summed E-state index contributed by atoms with van der Waals surface area (Å²) in [5, 5.41) is 18.7. The number of aliphatic hydroxyl groups excluding tert-OH is 1. The summed E-state index contributed by atoms with van der Waals surface area (Å²) in [6.45, 7) is 1.01. The SMILES string of the molecule is N[C@@H](CO)C(=O)N1CCC[C@H]1C(=O)N1CCC[C@H]1C(=O)N1CCC[C@H]1C(=O)N1CCC[C@H]1C(=O)O. The number of hydrogen-bond donors (Lipinski definition) is 3. The summed E-state index contributed by atoms with van der Waals surface area (Å²) in [5.41, 5.74) is 5.69. The number of carboxylic acid groups (broad SMARTS) is 1. The Hall–Kier alpha value is -2.73. The van der Waals surface area contributed by atoms with E-state index in [1.165, 1.54) is 19.6 Å². The Labute approximate surface area is 204 Å². The van der Waals surface area contributed by atoms with Gasteiger partial charge in [0.1, 0.15) is 30.2 Å². The molecule has 0 bridgehead atoms. The van der Waals surface area contributed by atoms with Crippen molar-refractivity contribution in [1.29, 1.82) is 0 Å². The molecule has 4 N–H and O–H groups in total. The molecule has 0 saturated carbocycles. The third-order valence-electron chi connectivity index (χ3n) is 7.80. The number of nitrogens with two attached hydrogens (primary N) is 1. The van der Waals surface area contributed by atoms with Crippen LogP contribution in [0.2, 0.25) is 0 Å². The number of nitrogens with zero attached hydrogens (tertiary/aromatic N) is 4. The molecule has 4 fully saturated rings. The molecule has 12 nitrogen and oxygen atoms in total. The van der Waals surface area contributed by atoms with Gasteiger partial charge in [-0.2, -0.15) is 0 Å². The molecule has 4 aliphatic heterocycles. The maximum Gasteiger partial charge on any atom is 0.326 e. The number of carbonyl (C=O) groups is 5. The highest BCUT2D eigenvalue weighted by atomic mass is 16.4. The van der Waals surface area contributed by atoms with Crippen molar-refractivity contribution in [2.24, 2.45) is 5.73 Å². The number of amides is 4. The smallest absolute Gasteiger partial charge is 0.326 e. The van der Waals surface area contributed by atoms with Gasteiger partial charge in [-0.3, -0.25) is 19.2 Å². The van der Waals surface area contributed by atoms with Crippen molar-refractivity contribution in [3.05, 3.63) is 0 Å². The van der Waals surface area contributed by atoms with E-state index in [4.69, 9.17) is 5.73 Å². The van der Waals surface area contributed by atoms with Gasteiger partial charge < -0.3 is 35.5 Å². The normalized spacial score (nSPS) is 29.7. The van der Waals surface area contributed by atoms with Crippen molar-refractivity contribution in [2.75, 3.05) is 32.8 Å². The Morgan fingerprint density at radius 1 is 0.657 bits per heavy atom. The van der Waals surface area contributed by atoms with E-state index in [1.54, 1.807) is 0 Å². The number of carboxylic acids is 1. The predicted octanol–water partition coefficient (Wildman–Crippen LogP) is -1.65. The quantitative estimate of drug-likeness (QED) is 0.396. The van der Waals surface area contributed by atoms with Gasteiger partial charge in [0.25, 0.3) is 0 Å². The summed E-state index contributed by atoms with van der Waals surface area (Å²) in [6.07, 6.45) is 4.34. The van der Waals surface area contributed by atoms with Gasteiger partial charge in [-0.05, 0) is 51.4 Å². The Bertz CT molecular complexity index is 882. The molecule has 0 radical (unpaired) electrons. The molecule has 35 heavy (non-hydrogen) atoms. The van der Waals surface area contributed by atoms with Gasteiger partial charge >= 0.3 is 5.97 Å². The van der Waals surface area contributed by atoms with Gasteiger partial charge in [-0.15, -0.1) is 0 Å². The van der Waals surface area contributed by atoms with Crippen LogP contribution in [0.1, 0.15) is 51.4 Å². The number of hydrogen-bond acceptors (Lipinski definition) is 7. The standard InChI is InChI=1S/C23H35N5O7/c24-14(13-29)19(30)25-9-1-5-15(25)20(31)26-10-2-6-16(26)21(32)27-11-3-7-17(27)22(33)28-12-4-8-18(28)23(34)35/h14-18,29H,1-13,24H2,(H,34,35)/t14-,15-,16-,17-,18-/m0/s1. The molecule has 4 rings (SSSR count). The second-order valence-corrected chi connectivity index (χ2v) is 9.89. The van der Waals surface area contributed by atoms with Gasteiger partial charge in [-0.25, -0.2) is 4.79 Å². The average molecular weight is 494 g/mol. The Balaban J connectivity index is 1.47. The molecule has 0 aromatic carbocycles. The fraction of sp³-hybridized carbons (Fsp3) is 0.783. The number of rotatable bonds is 6. The molecule has 0 aromatic rings. The third-order valence-corrected chi connectivity index (χ3v) is 7.80. The lowest BCUT2D eigenvalue weighted by molar-refractivity contribution is -0.154. The van der Waals surface area contributed by atoms with E-state index in [0.717, 1.165) is 0 Å². The highest BCUT2D eigenvalue weighted by molar-refractivity contribution is 5.96. The van der Waals surface area contributed by atoms with Crippen molar-refractivity contribution in [1.82, 2.24) is 19.6 Å². The first-order valence-electron chi connectivity index (χ1n) is 12.6. The molecule has 4 saturated heterocycles. The second kappa shape index (κ2) is 10.5. The molecule has 4 heterocycles. The predicted molar refractivity (Wildman–Crippen MR) is 122 cm³/mol. The Kier molecular flexibility index (Phi) is 7.60. The Morgan fingerprint density at radius 3 is 1.40 bits per heavy atom. The fourth-order valence-corrected chi connectivity index (χ4v) is 6.01. The van der Waals surface area contributed by atoms with E-state index in [0.29, 0.717) is 77.5 Å². The van der Waals surface area contributed by atoms with Crippen LogP contribution in [0, 0.1) is 0 Å². The molecule has 4 aliphatic rings. The zero-order valence-corrected chi connectivity index (χ0v) is 19.9. The van der Waals surface area contributed by atoms with Crippen molar-refractivity contribution in [2.45, 2.75) is 81.6 Å². The van der Waals surface area contributed by atoms with Crippen molar-refractivity contribution in [3.8, 4) is 0 Å². The summed E-state index contributed by atoms with van der Waals surface area (Å²) in [6, 6.07) is -4.09. The van der Waals surface area contributed by atoms with Crippen LogP contribution < -0.4 is 5.73 Å². The fourth-order valence-electron chi connectivity index (χ4n) is 6.01. The van der Waals surface area contributed by atoms with Crippen molar-refractivity contribution < 1.29 is 34.2 Å². The highest BCUT2D eigenvalue weighted by Crippen LogP contribution is 2.30. The van der Waals surface area contributed by atoms with E-state index >= 15 is 0 Å². The van der Waals surface area contributed by atoms with Gasteiger partial charge in [0, 0.05) is 26.2 Å². The number of aliphatic hydroxyl groups is 1. The summed E-state index contributed by atoms with van der Waals surface area (Å²) in [4.78, 5) is 70.3. The minimum absolute atomic E-state index is 0.291. The van der Waals surface area contributed by atoms with Crippen LogP contribution in [0.15, 0.2) is 0 Å². The lowest BCUT2D eigenvalue weighted by Gasteiger charge is -2.35. The topological polar surface area (TPSA) is 165 Å². The van der Waals surface area contributed by atoms with Crippen LogP contribution in [0.25, 0.3) is 0 Å². The molecular weight excluding hydrogens is 458 g/mol. The lowest BCUT2D eigenvalue weighted by atomic mass is 10.1. The molecule has 0 aromatic heterocycles. The Morgan fingerprint density at radius 2 is 1.00 bits per heavy atom.